The van der Waals surface area contributed by atoms with Crippen molar-refractivity contribution in [2.24, 2.45) is 0 Å². The molecule has 2 aliphatic rings. The fourth-order valence-corrected chi connectivity index (χ4v) is 4.73. The minimum Gasteiger partial charge on any atom is -0.497 e. The van der Waals surface area contributed by atoms with Gasteiger partial charge in [0.05, 0.1) is 13.2 Å². The normalized spacial score (nSPS) is 25.0. The lowest BCUT2D eigenvalue weighted by atomic mass is 10.2. The highest BCUT2D eigenvalue weighted by molar-refractivity contribution is 7.99. The van der Waals surface area contributed by atoms with Gasteiger partial charge >= 0.3 is 0 Å². The van der Waals surface area contributed by atoms with Crippen LogP contribution in [0.2, 0.25) is 0 Å². The Labute approximate surface area is 143 Å². The van der Waals surface area contributed by atoms with E-state index >= 15 is 0 Å². The van der Waals surface area contributed by atoms with Crippen LogP contribution in [0, 0.1) is 0 Å². The highest BCUT2D eigenvalue weighted by Gasteiger charge is 2.37. The average Bonchev–Trinajstić information content (AvgIpc) is 3.22. The van der Waals surface area contributed by atoms with Crippen LogP contribution in [0.4, 0.5) is 0 Å². The summed E-state index contributed by atoms with van der Waals surface area (Å²) in [6.45, 7) is 2.91. The van der Waals surface area contributed by atoms with E-state index in [4.69, 9.17) is 4.74 Å². The van der Waals surface area contributed by atoms with Crippen LogP contribution in [0.25, 0.3) is 0 Å². The van der Waals surface area contributed by atoms with Crippen LogP contribution < -0.4 is 4.74 Å². The molecule has 1 aromatic carbocycles. The van der Waals surface area contributed by atoms with Gasteiger partial charge in [-0.3, -0.25) is 9.69 Å². The van der Waals surface area contributed by atoms with Crippen molar-refractivity contribution in [3.8, 4) is 5.75 Å². The number of likely N-dealkylation sites (tertiary alicyclic amines) is 2. The third-order valence-electron chi connectivity index (χ3n) is 4.86. The second kappa shape index (κ2) is 7.58. The monoisotopic (exact) mass is 334 g/mol. The molecule has 0 unspecified atom stereocenters. The van der Waals surface area contributed by atoms with E-state index in [2.05, 4.69) is 29.0 Å². The first-order valence-corrected chi connectivity index (χ1v) is 9.46. The highest BCUT2D eigenvalue weighted by Crippen LogP contribution is 2.30. The van der Waals surface area contributed by atoms with Gasteiger partial charge in [0.1, 0.15) is 5.75 Å². The van der Waals surface area contributed by atoms with Crippen molar-refractivity contribution in [3.05, 3.63) is 29.8 Å². The lowest BCUT2D eigenvalue weighted by Crippen LogP contribution is -2.42. The second-order valence-corrected chi connectivity index (χ2v) is 7.79. The number of amides is 1. The highest BCUT2D eigenvalue weighted by atomic mass is 32.2. The molecule has 2 fully saturated rings. The number of nitrogens with zero attached hydrogens (tertiary/aromatic N) is 2. The molecule has 2 aliphatic heterocycles. The summed E-state index contributed by atoms with van der Waals surface area (Å²) in [5.41, 5.74) is 1.31. The van der Waals surface area contributed by atoms with E-state index in [1.54, 1.807) is 7.11 Å². The first-order chi connectivity index (χ1) is 11.2. The molecule has 23 heavy (non-hydrogen) atoms. The molecule has 0 aliphatic carbocycles. The zero-order chi connectivity index (χ0) is 16.2. The van der Waals surface area contributed by atoms with E-state index in [0.717, 1.165) is 50.4 Å². The van der Waals surface area contributed by atoms with Crippen molar-refractivity contribution >= 4 is 17.7 Å². The molecule has 0 N–H and O–H groups in total. The fraction of sp³-hybridized carbons (Fsp3) is 0.611. The van der Waals surface area contributed by atoms with Gasteiger partial charge in [-0.2, -0.15) is 11.8 Å². The van der Waals surface area contributed by atoms with E-state index in [-0.39, 0.29) is 6.04 Å². The van der Waals surface area contributed by atoms with Crippen LogP contribution in [-0.2, 0) is 10.5 Å². The summed E-state index contributed by atoms with van der Waals surface area (Å²) in [7, 11) is 3.78. The van der Waals surface area contributed by atoms with Gasteiger partial charge < -0.3 is 9.64 Å². The maximum atomic E-state index is 12.6. The van der Waals surface area contributed by atoms with E-state index in [1.807, 2.05) is 23.9 Å². The fourth-order valence-electron chi connectivity index (χ4n) is 3.45. The quantitative estimate of drug-likeness (QED) is 0.829. The number of hydrogen-bond acceptors (Lipinski definition) is 4. The zero-order valence-corrected chi connectivity index (χ0v) is 14.8. The summed E-state index contributed by atoms with van der Waals surface area (Å²) in [4.78, 5) is 16.9. The average molecular weight is 334 g/mol. The Morgan fingerprint density at radius 3 is 2.61 bits per heavy atom. The van der Waals surface area contributed by atoms with Gasteiger partial charge in [0.2, 0.25) is 5.91 Å². The van der Waals surface area contributed by atoms with E-state index < -0.39 is 0 Å². The van der Waals surface area contributed by atoms with Gasteiger partial charge in [-0.1, -0.05) is 12.1 Å². The van der Waals surface area contributed by atoms with E-state index in [9.17, 15) is 4.79 Å². The van der Waals surface area contributed by atoms with Gasteiger partial charge in [0.25, 0.3) is 0 Å². The molecule has 4 nitrogen and oxygen atoms in total. The summed E-state index contributed by atoms with van der Waals surface area (Å²) in [5.74, 6) is 2.24. The predicted molar refractivity (Wildman–Crippen MR) is 94.9 cm³/mol. The van der Waals surface area contributed by atoms with Crippen molar-refractivity contribution in [1.29, 1.82) is 0 Å². The lowest BCUT2D eigenvalue weighted by Gasteiger charge is -2.24. The molecule has 1 amide bonds. The topological polar surface area (TPSA) is 32.8 Å². The molecule has 2 saturated heterocycles. The summed E-state index contributed by atoms with van der Waals surface area (Å²) in [5, 5.41) is 0.540. The lowest BCUT2D eigenvalue weighted by molar-refractivity contribution is -0.134. The van der Waals surface area contributed by atoms with Crippen LogP contribution in [0.1, 0.15) is 24.8 Å². The smallest absolute Gasteiger partial charge is 0.239 e. The Morgan fingerprint density at radius 2 is 1.96 bits per heavy atom. The zero-order valence-electron chi connectivity index (χ0n) is 14.0. The molecular formula is C18H26N2O2S. The summed E-state index contributed by atoms with van der Waals surface area (Å²) in [6.07, 6.45) is 3.31. The molecule has 0 aromatic heterocycles. The van der Waals surface area contributed by atoms with Crippen LogP contribution in [0.3, 0.4) is 0 Å². The Balaban J connectivity index is 1.50. The molecule has 1 aromatic rings. The molecule has 0 saturated carbocycles. The van der Waals surface area contributed by atoms with Crippen molar-refractivity contribution < 1.29 is 9.53 Å². The standard InChI is InChI=1S/C18H26N2O2S/c1-19-12-16(11-17(19)18(21)20-9-3-4-10-20)23-13-14-5-7-15(22-2)8-6-14/h5-8,16-17H,3-4,9-13H2,1-2H3/t16-,17-/m0/s1. The van der Waals surface area contributed by atoms with E-state index in [1.165, 1.54) is 5.56 Å². The minimum absolute atomic E-state index is 0.0847. The molecule has 126 valence electrons. The van der Waals surface area contributed by atoms with Crippen molar-refractivity contribution in [3.63, 3.8) is 0 Å². The summed E-state index contributed by atoms with van der Waals surface area (Å²) < 4.78 is 5.19. The van der Waals surface area contributed by atoms with Gasteiger partial charge in [-0.25, -0.2) is 0 Å². The number of benzene rings is 1. The van der Waals surface area contributed by atoms with Crippen LogP contribution in [0.5, 0.6) is 5.75 Å². The maximum Gasteiger partial charge on any atom is 0.239 e. The number of hydrogen-bond donors (Lipinski definition) is 0. The number of carbonyl (C=O) groups excluding carboxylic acids is 1. The molecule has 0 radical (unpaired) electrons. The SMILES string of the molecule is COc1ccc(CS[C@H]2C[C@@H](C(=O)N3CCCC3)N(C)C2)cc1. The third-order valence-corrected chi connectivity index (χ3v) is 6.17. The Kier molecular flexibility index (Phi) is 5.49. The first kappa shape index (κ1) is 16.7. The van der Waals surface area contributed by atoms with Gasteiger partial charge in [-0.05, 0) is 44.0 Å². The predicted octanol–water partition coefficient (Wildman–Crippen LogP) is 2.62. The summed E-state index contributed by atoms with van der Waals surface area (Å²) >= 11 is 1.96. The molecular weight excluding hydrogens is 308 g/mol. The number of thioether (sulfide) groups is 1. The number of rotatable bonds is 5. The van der Waals surface area contributed by atoms with E-state index in [0.29, 0.717) is 11.2 Å². The van der Waals surface area contributed by atoms with Crippen LogP contribution >= 0.6 is 11.8 Å². The molecule has 3 rings (SSSR count). The number of methoxy groups -OCH3 is 1. The summed E-state index contributed by atoms with van der Waals surface area (Å²) in [6, 6.07) is 8.35. The third kappa shape index (κ3) is 4.01. The van der Waals surface area contributed by atoms with Crippen molar-refractivity contribution in [2.75, 3.05) is 33.8 Å². The maximum absolute atomic E-state index is 12.6. The second-order valence-electron chi connectivity index (χ2n) is 6.50. The largest absolute Gasteiger partial charge is 0.497 e. The number of likely N-dealkylation sites (N-methyl/N-ethyl adjacent to an activating group) is 1. The van der Waals surface area contributed by atoms with Crippen molar-refractivity contribution in [1.82, 2.24) is 9.80 Å². The molecule has 5 heteroatoms. The van der Waals surface area contributed by atoms with Crippen LogP contribution in [-0.4, -0.2) is 60.8 Å². The Bertz CT molecular complexity index is 528. The van der Waals surface area contributed by atoms with Gasteiger partial charge in [-0.15, -0.1) is 0 Å². The first-order valence-electron chi connectivity index (χ1n) is 8.41. The van der Waals surface area contributed by atoms with Gasteiger partial charge in [0, 0.05) is 30.6 Å². The van der Waals surface area contributed by atoms with Crippen LogP contribution in [0.15, 0.2) is 24.3 Å². The molecule has 0 spiro atoms. The molecule has 2 heterocycles. The van der Waals surface area contributed by atoms with Crippen molar-refractivity contribution in [2.45, 2.75) is 36.3 Å². The molecule has 0 bridgehead atoms. The minimum atomic E-state index is 0.0847. The Hall–Kier alpha value is -1.20. The van der Waals surface area contributed by atoms with Gasteiger partial charge in [0.15, 0.2) is 0 Å². The number of carbonyl (C=O) groups is 1. The number of ether oxygens (including phenoxy) is 1. The Morgan fingerprint density at radius 1 is 1.26 bits per heavy atom. The molecule has 2 atom stereocenters.